The molecule has 2 aliphatic rings. The Hall–Kier alpha value is -0.800. The average molecular weight is 193 g/mol. The maximum absolute atomic E-state index is 2.30. The van der Waals surface area contributed by atoms with Gasteiger partial charge in [-0.2, -0.15) is 5.12 Å². The summed E-state index contributed by atoms with van der Waals surface area (Å²) in [6, 6.07) is 0. The average Bonchev–Trinajstić information content (AvgIpc) is 2.33. The van der Waals surface area contributed by atoms with Gasteiger partial charge in [-0.25, -0.2) is 5.01 Å². The number of rotatable bonds is 0. The Morgan fingerprint density at radius 3 is 2.50 bits per heavy atom. The Labute approximate surface area is 86.2 Å². The third-order valence-corrected chi connectivity index (χ3v) is 3.95. The highest BCUT2D eigenvalue weighted by molar-refractivity contribution is 5.32. The van der Waals surface area contributed by atoms with E-state index in [-0.39, 0.29) is 5.54 Å². The van der Waals surface area contributed by atoms with E-state index in [0.29, 0.717) is 5.92 Å². The van der Waals surface area contributed by atoms with Crippen molar-refractivity contribution in [1.29, 1.82) is 0 Å². The van der Waals surface area contributed by atoms with Gasteiger partial charge in [-0.05, 0) is 18.9 Å². The maximum Gasteiger partial charge on any atom is 0.0812 e. The molecule has 78 valence electrons. The molecule has 0 spiro atoms. The van der Waals surface area contributed by atoms with Crippen LogP contribution >= 0.6 is 0 Å². The van der Waals surface area contributed by atoms with Gasteiger partial charge in [0.2, 0.25) is 0 Å². The van der Waals surface area contributed by atoms with Crippen LogP contribution < -0.4 is 0 Å². The molecule has 1 fully saturated rings. The van der Waals surface area contributed by atoms with E-state index in [2.05, 4.69) is 68.4 Å². The second-order valence-electron chi connectivity index (χ2n) is 4.41. The predicted molar refractivity (Wildman–Crippen MR) is 58.1 cm³/mol. The minimum atomic E-state index is 0.109. The highest BCUT2D eigenvalue weighted by atomic mass is 15.9. The standard InChI is InChI=1S/C11H19N3/c1-9-7-6-8-10-11(9,2)13(4)14(5)12(10)3/h6-9H,1-5H3. The molecular formula is C11H19N3. The van der Waals surface area contributed by atoms with E-state index in [9.17, 15) is 0 Å². The number of hydrazine groups is 2. The molecule has 1 aliphatic heterocycles. The summed E-state index contributed by atoms with van der Waals surface area (Å²) in [5, 5.41) is 6.67. The molecule has 3 nitrogen and oxygen atoms in total. The van der Waals surface area contributed by atoms with E-state index < -0.39 is 0 Å². The molecule has 0 aromatic rings. The molecule has 2 atom stereocenters. The van der Waals surface area contributed by atoms with Crippen LogP contribution in [0.15, 0.2) is 23.9 Å². The van der Waals surface area contributed by atoms with Gasteiger partial charge in [0.1, 0.15) is 0 Å². The smallest absolute Gasteiger partial charge is 0.0812 e. The number of hydrogen-bond donors (Lipinski definition) is 0. The van der Waals surface area contributed by atoms with Crippen LogP contribution in [-0.2, 0) is 0 Å². The van der Waals surface area contributed by atoms with E-state index in [4.69, 9.17) is 0 Å². The minimum absolute atomic E-state index is 0.109. The maximum atomic E-state index is 2.30. The van der Waals surface area contributed by atoms with Crippen molar-refractivity contribution >= 4 is 0 Å². The lowest BCUT2D eigenvalue weighted by Gasteiger charge is -2.38. The van der Waals surface area contributed by atoms with Gasteiger partial charge in [-0.1, -0.05) is 19.1 Å². The monoisotopic (exact) mass is 193 g/mol. The number of fused-ring (bicyclic) bond motifs is 1. The number of hydrogen-bond acceptors (Lipinski definition) is 3. The summed E-state index contributed by atoms with van der Waals surface area (Å²) in [4.78, 5) is 0. The summed E-state index contributed by atoms with van der Waals surface area (Å²) in [6.45, 7) is 4.57. The van der Waals surface area contributed by atoms with E-state index in [0.717, 1.165) is 0 Å². The summed E-state index contributed by atoms with van der Waals surface area (Å²) in [5.41, 5.74) is 1.48. The van der Waals surface area contributed by atoms with Gasteiger partial charge in [-0.3, -0.25) is 5.01 Å². The molecule has 3 heteroatoms. The largest absolute Gasteiger partial charge is 0.298 e. The van der Waals surface area contributed by atoms with Gasteiger partial charge in [0.25, 0.3) is 0 Å². The van der Waals surface area contributed by atoms with E-state index in [1.807, 2.05) is 0 Å². The number of allylic oxidation sites excluding steroid dienone is 2. The molecule has 1 aliphatic carbocycles. The van der Waals surface area contributed by atoms with Crippen molar-refractivity contribution in [3.05, 3.63) is 23.9 Å². The molecule has 0 aromatic heterocycles. The summed E-state index contributed by atoms with van der Waals surface area (Å²) in [7, 11) is 6.35. The predicted octanol–water partition coefficient (Wildman–Crippen LogP) is 1.47. The van der Waals surface area contributed by atoms with Gasteiger partial charge in [0.05, 0.1) is 11.2 Å². The summed E-state index contributed by atoms with van der Waals surface area (Å²) < 4.78 is 0. The fraction of sp³-hybridized carbons (Fsp3) is 0.636. The first kappa shape index (κ1) is 9.74. The van der Waals surface area contributed by atoms with Crippen LogP contribution in [0.4, 0.5) is 0 Å². The van der Waals surface area contributed by atoms with Crippen LogP contribution in [0, 0.1) is 5.92 Å². The SMILES string of the molecule is CC1C=CC=C2N(C)N(C)N(C)C21C. The first-order valence-electron chi connectivity index (χ1n) is 5.09. The van der Waals surface area contributed by atoms with E-state index in [1.54, 1.807) is 0 Å². The second-order valence-corrected chi connectivity index (χ2v) is 4.41. The molecule has 14 heavy (non-hydrogen) atoms. The van der Waals surface area contributed by atoms with Crippen molar-refractivity contribution in [2.75, 3.05) is 21.1 Å². The summed E-state index contributed by atoms with van der Waals surface area (Å²) in [6.07, 6.45) is 6.64. The zero-order valence-corrected chi connectivity index (χ0v) is 9.65. The Kier molecular flexibility index (Phi) is 1.98. The van der Waals surface area contributed by atoms with Crippen LogP contribution in [0.1, 0.15) is 13.8 Å². The van der Waals surface area contributed by atoms with E-state index in [1.165, 1.54) is 5.70 Å². The minimum Gasteiger partial charge on any atom is -0.298 e. The van der Waals surface area contributed by atoms with E-state index >= 15 is 0 Å². The van der Waals surface area contributed by atoms with Crippen LogP contribution in [0.3, 0.4) is 0 Å². The second kappa shape index (κ2) is 2.84. The first-order valence-corrected chi connectivity index (χ1v) is 5.09. The van der Waals surface area contributed by atoms with Crippen molar-refractivity contribution < 1.29 is 0 Å². The van der Waals surface area contributed by atoms with Gasteiger partial charge < -0.3 is 0 Å². The first-order chi connectivity index (χ1) is 6.49. The lowest BCUT2D eigenvalue weighted by Crippen LogP contribution is -2.49. The van der Waals surface area contributed by atoms with Crippen LogP contribution in [0.2, 0.25) is 0 Å². The quantitative estimate of drug-likeness (QED) is 0.577. The van der Waals surface area contributed by atoms with Crippen molar-refractivity contribution in [3.63, 3.8) is 0 Å². The Morgan fingerprint density at radius 1 is 1.29 bits per heavy atom. The van der Waals surface area contributed by atoms with Crippen molar-refractivity contribution in [1.82, 2.24) is 15.1 Å². The van der Waals surface area contributed by atoms with Gasteiger partial charge >= 0.3 is 0 Å². The zero-order chi connectivity index (χ0) is 10.5. The number of likely N-dealkylation sites (N-methyl/N-ethyl adjacent to an activating group) is 2. The lowest BCUT2D eigenvalue weighted by molar-refractivity contribution is -0.0951. The van der Waals surface area contributed by atoms with Crippen molar-refractivity contribution in [3.8, 4) is 0 Å². The Bertz CT molecular complexity index is 308. The third kappa shape index (κ3) is 0.940. The molecule has 0 saturated carbocycles. The van der Waals surface area contributed by atoms with Crippen molar-refractivity contribution in [2.45, 2.75) is 19.4 Å². The molecule has 0 amide bonds. The normalized spacial score (nSPS) is 38.8. The van der Waals surface area contributed by atoms with Gasteiger partial charge in [0, 0.05) is 21.1 Å². The van der Waals surface area contributed by atoms with Gasteiger partial charge in [-0.15, -0.1) is 0 Å². The Balaban J connectivity index is 2.49. The van der Waals surface area contributed by atoms with Crippen LogP contribution in [-0.4, -0.2) is 41.8 Å². The van der Waals surface area contributed by atoms with Crippen LogP contribution in [0.5, 0.6) is 0 Å². The third-order valence-electron chi connectivity index (χ3n) is 3.95. The summed E-state index contributed by atoms with van der Waals surface area (Å²) in [5.74, 6) is 0.542. The molecule has 2 unspecified atom stereocenters. The highest BCUT2D eigenvalue weighted by Crippen LogP contribution is 2.42. The molecule has 1 saturated heterocycles. The summed E-state index contributed by atoms with van der Waals surface area (Å²) >= 11 is 0. The fourth-order valence-electron chi connectivity index (χ4n) is 2.46. The highest BCUT2D eigenvalue weighted by Gasteiger charge is 2.49. The zero-order valence-electron chi connectivity index (χ0n) is 9.65. The van der Waals surface area contributed by atoms with Crippen molar-refractivity contribution in [2.24, 2.45) is 5.92 Å². The van der Waals surface area contributed by atoms with Gasteiger partial charge in [0.15, 0.2) is 0 Å². The van der Waals surface area contributed by atoms with Crippen LogP contribution in [0.25, 0.3) is 0 Å². The topological polar surface area (TPSA) is 9.72 Å². The Morgan fingerprint density at radius 2 is 1.93 bits per heavy atom. The molecule has 1 heterocycles. The molecule has 0 aromatic carbocycles. The fourth-order valence-corrected chi connectivity index (χ4v) is 2.46. The lowest BCUT2D eigenvalue weighted by atomic mass is 9.80. The molecule has 2 rings (SSSR count). The molecule has 0 bridgehead atoms. The molecule has 0 radical (unpaired) electrons. The number of nitrogens with zero attached hydrogens (tertiary/aromatic N) is 3. The molecular weight excluding hydrogens is 174 g/mol. The molecule has 0 N–H and O–H groups in total.